The Morgan fingerprint density at radius 1 is 1.04 bits per heavy atom. The highest BCUT2D eigenvalue weighted by Gasteiger charge is 2.17. The van der Waals surface area contributed by atoms with E-state index >= 15 is 0 Å². The van der Waals surface area contributed by atoms with Crippen molar-refractivity contribution < 1.29 is 9.18 Å². The van der Waals surface area contributed by atoms with Gasteiger partial charge in [0.05, 0.1) is 23.0 Å². The van der Waals surface area contributed by atoms with Gasteiger partial charge in [0.25, 0.3) is 5.91 Å². The molecule has 4 rings (SSSR count). The lowest BCUT2D eigenvalue weighted by atomic mass is 10.0. The Morgan fingerprint density at radius 3 is 2.62 bits per heavy atom. The first-order valence-corrected chi connectivity index (χ1v) is 7.10. The van der Waals surface area contributed by atoms with Crippen molar-refractivity contribution in [3.63, 3.8) is 0 Å². The maximum atomic E-state index is 14.3. The van der Waals surface area contributed by atoms with Crippen LogP contribution >= 0.6 is 0 Å². The molecular formula is C17H10FN5O. The molecular weight excluding hydrogens is 309 g/mol. The first-order chi connectivity index (χ1) is 11.7. The number of nitrogens with zero attached hydrogens (tertiary/aromatic N) is 4. The Kier molecular flexibility index (Phi) is 3.13. The van der Waals surface area contributed by atoms with Gasteiger partial charge in [-0.05, 0) is 18.2 Å². The summed E-state index contributed by atoms with van der Waals surface area (Å²) in [4.78, 5) is 20.4. The first kappa shape index (κ1) is 14.1. The van der Waals surface area contributed by atoms with Gasteiger partial charge in [-0.2, -0.15) is 5.10 Å². The number of fused-ring (bicyclic) bond motifs is 3. The smallest absolute Gasteiger partial charge is 0.251 e. The minimum absolute atomic E-state index is 0.197. The third-order valence-corrected chi connectivity index (χ3v) is 3.78. The van der Waals surface area contributed by atoms with E-state index in [4.69, 9.17) is 5.73 Å². The highest BCUT2D eigenvalue weighted by molar-refractivity contribution is 6.16. The molecule has 7 heteroatoms. The molecule has 2 aromatic carbocycles. The fraction of sp³-hybridized carbons (Fsp3) is 0. The largest absolute Gasteiger partial charge is 0.366 e. The van der Waals surface area contributed by atoms with Crippen LogP contribution in [0.5, 0.6) is 0 Å². The summed E-state index contributed by atoms with van der Waals surface area (Å²) < 4.78 is 14.3. The van der Waals surface area contributed by atoms with Crippen LogP contribution in [0.4, 0.5) is 4.39 Å². The molecule has 0 radical (unpaired) electrons. The monoisotopic (exact) mass is 319 g/mol. The van der Waals surface area contributed by atoms with Crippen molar-refractivity contribution in [2.24, 2.45) is 5.73 Å². The molecule has 0 saturated heterocycles. The highest BCUT2D eigenvalue weighted by atomic mass is 19.1. The summed E-state index contributed by atoms with van der Waals surface area (Å²) in [7, 11) is 0. The number of nitrogens with two attached hydrogens (primary N) is 1. The average molecular weight is 319 g/mol. The van der Waals surface area contributed by atoms with E-state index in [1.54, 1.807) is 18.2 Å². The summed E-state index contributed by atoms with van der Waals surface area (Å²) in [5.74, 6) is -1.06. The third kappa shape index (κ3) is 2.06. The zero-order valence-electron chi connectivity index (χ0n) is 12.3. The predicted molar refractivity (Wildman–Crippen MR) is 86.5 cm³/mol. The normalized spacial score (nSPS) is 11.0. The molecule has 0 aliphatic carbocycles. The van der Waals surface area contributed by atoms with Crippen molar-refractivity contribution in [3.8, 4) is 11.3 Å². The standard InChI is InChI=1S/C17H10FN5O/c18-13-4-2-1-3-9(13)14-10-7-11(17(19)24)16-12(8-22-23-16)15(10)21-6-5-20-14/h1-8H,(H2,19,24). The Balaban J connectivity index is 2.22. The number of halogens is 1. The predicted octanol–water partition coefficient (Wildman–Crippen LogP) is 2.48. The lowest BCUT2D eigenvalue weighted by Crippen LogP contribution is -2.11. The van der Waals surface area contributed by atoms with Crippen LogP contribution in [0.1, 0.15) is 10.4 Å². The Morgan fingerprint density at radius 2 is 1.83 bits per heavy atom. The van der Waals surface area contributed by atoms with Crippen molar-refractivity contribution in [3.05, 3.63) is 60.3 Å². The molecule has 4 aromatic rings. The molecule has 0 atom stereocenters. The van der Waals surface area contributed by atoms with E-state index in [1.807, 2.05) is 0 Å². The Hall–Kier alpha value is -3.48. The summed E-state index contributed by atoms with van der Waals surface area (Å²) >= 11 is 0. The quantitative estimate of drug-likeness (QED) is 0.612. The van der Waals surface area contributed by atoms with E-state index in [1.165, 1.54) is 30.7 Å². The lowest BCUT2D eigenvalue weighted by Gasteiger charge is -2.05. The number of hydrogen-bond donors (Lipinski definition) is 1. The molecule has 1 amide bonds. The van der Waals surface area contributed by atoms with Gasteiger partial charge >= 0.3 is 0 Å². The van der Waals surface area contributed by atoms with Crippen LogP contribution in [0.25, 0.3) is 33.1 Å². The van der Waals surface area contributed by atoms with Crippen LogP contribution in [-0.4, -0.2) is 26.1 Å². The van der Waals surface area contributed by atoms with Crippen molar-refractivity contribution >= 4 is 27.7 Å². The molecule has 2 N–H and O–H groups in total. The second-order valence-electron chi connectivity index (χ2n) is 5.18. The van der Waals surface area contributed by atoms with Crippen molar-refractivity contribution in [2.45, 2.75) is 0 Å². The summed E-state index contributed by atoms with van der Waals surface area (Å²) in [5.41, 5.74) is 7.22. The molecule has 0 fully saturated rings. The van der Waals surface area contributed by atoms with E-state index < -0.39 is 11.7 Å². The number of primary amides is 1. The van der Waals surface area contributed by atoms with Crippen LogP contribution in [0.3, 0.4) is 0 Å². The van der Waals surface area contributed by atoms with Gasteiger partial charge < -0.3 is 5.73 Å². The first-order valence-electron chi connectivity index (χ1n) is 7.10. The van der Waals surface area contributed by atoms with Gasteiger partial charge in [-0.15, -0.1) is 5.10 Å². The van der Waals surface area contributed by atoms with Gasteiger partial charge in [-0.25, -0.2) is 4.39 Å². The zero-order chi connectivity index (χ0) is 16.7. The van der Waals surface area contributed by atoms with Crippen LogP contribution in [-0.2, 0) is 0 Å². The molecule has 0 bridgehead atoms. The number of carbonyl (C=O) groups excluding carboxylic acids is 1. The summed E-state index contributed by atoms with van der Waals surface area (Å²) in [6, 6.07) is 7.82. The average Bonchev–Trinajstić information content (AvgIpc) is 2.96. The van der Waals surface area contributed by atoms with E-state index in [-0.39, 0.29) is 5.56 Å². The second-order valence-corrected chi connectivity index (χ2v) is 5.18. The SMILES string of the molecule is NC(=O)c1cc2c(-c3ccccc3F)nccnc2c2cnnc12. The van der Waals surface area contributed by atoms with Gasteiger partial charge in [0.15, 0.2) is 0 Å². The van der Waals surface area contributed by atoms with E-state index in [9.17, 15) is 9.18 Å². The molecule has 116 valence electrons. The van der Waals surface area contributed by atoms with Gasteiger partial charge in [-0.1, -0.05) is 12.1 Å². The summed E-state index contributed by atoms with van der Waals surface area (Å²) in [5, 5.41) is 8.86. The molecule has 0 unspecified atom stereocenters. The summed E-state index contributed by atoms with van der Waals surface area (Å²) in [6.07, 6.45) is 4.48. The van der Waals surface area contributed by atoms with Crippen LogP contribution in [0, 0.1) is 5.82 Å². The van der Waals surface area contributed by atoms with Crippen molar-refractivity contribution in [2.75, 3.05) is 0 Å². The van der Waals surface area contributed by atoms with Crippen molar-refractivity contribution in [1.29, 1.82) is 0 Å². The van der Waals surface area contributed by atoms with E-state index in [0.717, 1.165) is 0 Å². The maximum absolute atomic E-state index is 14.3. The minimum atomic E-state index is -0.645. The highest BCUT2D eigenvalue weighted by Crippen LogP contribution is 2.32. The van der Waals surface area contributed by atoms with Gasteiger partial charge in [0.1, 0.15) is 11.3 Å². The molecule has 0 spiro atoms. The maximum Gasteiger partial charge on any atom is 0.251 e. The molecule has 6 nitrogen and oxygen atoms in total. The number of benzene rings is 2. The van der Waals surface area contributed by atoms with Gasteiger partial charge in [0.2, 0.25) is 0 Å². The fourth-order valence-electron chi connectivity index (χ4n) is 2.72. The molecule has 2 aromatic heterocycles. The lowest BCUT2D eigenvalue weighted by molar-refractivity contribution is 0.100. The zero-order valence-corrected chi connectivity index (χ0v) is 12.3. The molecule has 0 saturated carbocycles. The fourth-order valence-corrected chi connectivity index (χ4v) is 2.72. The van der Waals surface area contributed by atoms with E-state index in [0.29, 0.717) is 33.1 Å². The number of hydrogen-bond acceptors (Lipinski definition) is 5. The Labute approximate surface area is 135 Å². The number of carbonyl (C=O) groups is 1. The van der Waals surface area contributed by atoms with E-state index in [2.05, 4.69) is 20.2 Å². The molecule has 2 heterocycles. The Bertz CT molecular complexity index is 1110. The number of aromatic nitrogens is 4. The molecule has 0 aliphatic heterocycles. The molecule has 24 heavy (non-hydrogen) atoms. The second kappa shape index (κ2) is 5.31. The minimum Gasteiger partial charge on any atom is -0.366 e. The number of amides is 1. The number of rotatable bonds is 2. The summed E-state index contributed by atoms with van der Waals surface area (Å²) in [6.45, 7) is 0. The van der Waals surface area contributed by atoms with Crippen molar-refractivity contribution in [1.82, 2.24) is 20.2 Å². The van der Waals surface area contributed by atoms with Gasteiger partial charge in [-0.3, -0.25) is 14.8 Å². The van der Waals surface area contributed by atoms with Crippen LogP contribution < -0.4 is 5.73 Å². The van der Waals surface area contributed by atoms with Gasteiger partial charge in [0, 0.05) is 28.7 Å². The van der Waals surface area contributed by atoms with Crippen LogP contribution in [0.2, 0.25) is 0 Å². The van der Waals surface area contributed by atoms with Crippen LogP contribution in [0.15, 0.2) is 48.9 Å². The third-order valence-electron chi connectivity index (χ3n) is 3.78. The topological polar surface area (TPSA) is 94.7 Å². The molecule has 0 aliphatic rings.